The van der Waals surface area contributed by atoms with Crippen LogP contribution in [0.1, 0.15) is 16.7 Å². The van der Waals surface area contributed by atoms with E-state index in [0.717, 1.165) is 28.7 Å². The zero-order chi connectivity index (χ0) is 30.0. The summed E-state index contributed by atoms with van der Waals surface area (Å²) in [6.45, 7) is 0.480. The smallest absolute Gasteiger partial charge is 0.446 e. The highest BCUT2D eigenvalue weighted by molar-refractivity contribution is 8.03. The van der Waals surface area contributed by atoms with Crippen molar-refractivity contribution in [2.75, 3.05) is 27.9 Å². The van der Waals surface area contributed by atoms with Gasteiger partial charge in [0.2, 0.25) is 0 Å². The summed E-state index contributed by atoms with van der Waals surface area (Å²) in [5, 5.41) is 0. The molecule has 7 nitrogen and oxygen atoms in total. The third kappa shape index (κ3) is 9.32. The molecule has 3 atom stereocenters. The van der Waals surface area contributed by atoms with E-state index in [9.17, 15) is 13.2 Å². The molecule has 0 N–H and O–H groups in total. The van der Waals surface area contributed by atoms with Gasteiger partial charge in [0.15, 0.2) is 6.10 Å². The van der Waals surface area contributed by atoms with Crippen molar-refractivity contribution in [3.8, 4) is 17.2 Å². The molecule has 226 valence electrons. The molecule has 3 aromatic carbocycles. The van der Waals surface area contributed by atoms with Gasteiger partial charge in [0.25, 0.3) is 0 Å². The molecule has 4 rings (SSSR count). The average Bonchev–Trinajstić information content (AvgIpc) is 3.00. The molecule has 3 aromatic rings. The molecule has 1 aliphatic rings. The number of ether oxygens (including phenoxy) is 7. The number of hydrogen-bond acceptors (Lipinski definition) is 8. The molecule has 1 aliphatic heterocycles. The molecule has 0 spiro atoms. The molecule has 42 heavy (non-hydrogen) atoms. The third-order valence-corrected chi connectivity index (χ3v) is 7.23. The summed E-state index contributed by atoms with van der Waals surface area (Å²) in [5.74, 6) is 2.06. The number of alkyl halides is 3. The van der Waals surface area contributed by atoms with Gasteiger partial charge in [-0.2, -0.15) is 13.2 Å². The van der Waals surface area contributed by atoms with Gasteiger partial charge in [-0.3, -0.25) is 0 Å². The standard InChI is InChI=1S/C31H33F3O7S/c1-35-24-10-4-21(5-11-24)16-38-19-27-29(40-17-22-6-12-25(36-2)13-7-22)30(28(20-39-27)42-31(32,33)34)41-18-23-8-14-26(37-3)15-9-23/h4-15,20,27,29-30H,16-19H2,1-3H3/t27-,29+,30-/m1/s1. The lowest BCUT2D eigenvalue weighted by atomic mass is 10.0. The van der Waals surface area contributed by atoms with Gasteiger partial charge in [-0.1, -0.05) is 36.4 Å². The van der Waals surface area contributed by atoms with Crippen molar-refractivity contribution < 1.29 is 46.3 Å². The van der Waals surface area contributed by atoms with Crippen LogP contribution in [-0.2, 0) is 38.8 Å². The van der Waals surface area contributed by atoms with E-state index in [2.05, 4.69) is 0 Å². The maximum atomic E-state index is 13.6. The predicted octanol–water partition coefficient (Wildman–Crippen LogP) is 6.89. The van der Waals surface area contributed by atoms with Crippen molar-refractivity contribution in [1.29, 1.82) is 0 Å². The largest absolute Gasteiger partial charge is 0.497 e. The first kappa shape index (κ1) is 31.6. The van der Waals surface area contributed by atoms with Crippen LogP contribution in [0, 0.1) is 0 Å². The van der Waals surface area contributed by atoms with Crippen LogP contribution in [0.5, 0.6) is 17.2 Å². The van der Waals surface area contributed by atoms with Crippen molar-refractivity contribution in [2.24, 2.45) is 0 Å². The summed E-state index contributed by atoms with van der Waals surface area (Å²) in [4.78, 5) is -0.137. The Morgan fingerprint density at radius 3 is 1.57 bits per heavy atom. The highest BCUT2D eigenvalue weighted by Crippen LogP contribution is 2.42. The minimum Gasteiger partial charge on any atom is -0.497 e. The van der Waals surface area contributed by atoms with Crippen LogP contribution in [0.2, 0.25) is 0 Å². The fourth-order valence-corrected chi connectivity index (χ4v) is 4.90. The van der Waals surface area contributed by atoms with E-state index in [4.69, 9.17) is 33.2 Å². The first-order valence-corrected chi connectivity index (χ1v) is 13.9. The van der Waals surface area contributed by atoms with Crippen LogP contribution in [-0.4, -0.2) is 51.8 Å². The van der Waals surface area contributed by atoms with Crippen molar-refractivity contribution in [3.05, 3.63) is 101 Å². The van der Waals surface area contributed by atoms with E-state index in [1.807, 2.05) is 36.4 Å². The first-order chi connectivity index (χ1) is 20.3. The van der Waals surface area contributed by atoms with Crippen molar-refractivity contribution in [1.82, 2.24) is 0 Å². The fraction of sp³-hybridized carbons (Fsp3) is 0.355. The van der Waals surface area contributed by atoms with Crippen LogP contribution in [0.15, 0.2) is 84.0 Å². The highest BCUT2D eigenvalue weighted by Gasteiger charge is 2.43. The summed E-state index contributed by atoms with van der Waals surface area (Å²) >= 11 is -0.275. The lowest BCUT2D eigenvalue weighted by Gasteiger charge is -2.37. The Labute approximate surface area is 247 Å². The summed E-state index contributed by atoms with van der Waals surface area (Å²) < 4.78 is 80.4. The van der Waals surface area contributed by atoms with Gasteiger partial charge in [0, 0.05) is 0 Å². The Bertz CT molecular complexity index is 1270. The van der Waals surface area contributed by atoms with Crippen molar-refractivity contribution in [2.45, 2.75) is 43.6 Å². The van der Waals surface area contributed by atoms with Gasteiger partial charge in [-0.15, -0.1) is 0 Å². The molecule has 0 bridgehead atoms. The number of rotatable bonds is 14. The molecule has 0 saturated carbocycles. The fourth-order valence-electron chi connectivity index (χ4n) is 4.21. The molecular weight excluding hydrogens is 573 g/mol. The lowest BCUT2D eigenvalue weighted by molar-refractivity contribution is -0.149. The number of hydrogen-bond donors (Lipinski definition) is 0. The molecule has 0 fully saturated rings. The molecule has 0 amide bonds. The number of halogens is 3. The van der Waals surface area contributed by atoms with Gasteiger partial charge >= 0.3 is 5.51 Å². The van der Waals surface area contributed by atoms with E-state index in [0.29, 0.717) is 11.5 Å². The van der Waals surface area contributed by atoms with Crippen LogP contribution in [0.25, 0.3) is 0 Å². The van der Waals surface area contributed by atoms with Crippen molar-refractivity contribution >= 4 is 11.8 Å². The van der Waals surface area contributed by atoms with Gasteiger partial charge in [0.05, 0.1) is 58.9 Å². The zero-order valence-electron chi connectivity index (χ0n) is 23.5. The van der Waals surface area contributed by atoms with E-state index in [1.54, 1.807) is 57.7 Å². The second-order valence-corrected chi connectivity index (χ2v) is 10.4. The minimum atomic E-state index is -4.55. The minimum absolute atomic E-state index is 0.0479. The van der Waals surface area contributed by atoms with Gasteiger partial charge < -0.3 is 33.2 Å². The Morgan fingerprint density at radius 1 is 0.667 bits per heavy atom. The van der Waals surface area contributed by atoms with Gasteiger partial charge in [-0.25, -0.2) is 0 Å². The highest BCUT2D eigenvalue weighted by atomic mass is 32.2. The number of methoxy groups -OCH3 is 3. The lowest BCUT2D eigenvalue weighted by Crippen LogP contribution is -2.47. The number of benzene rings is 3. The number of thioether (sulfide) groups is 1. The second-order valence-electron chi connectivity index (χ2n) is 9.31. The topological polar surface area (TPSA) is 64.6 Å². The average molecular weight is 607 g/mol. The van der Waals surface area contributed by atoms with Crippen molar-refractivity contribution in [3.63, 3.8) is 0 Å². The van der Waals surface area contributed by atoms with Crippen LogP contribution in [0.3, 0.4) is 0 Å². The maximum absolute atomic E-state index is 13.6. The van der Waals surface area contributed by atoms with E-state index >= 15 is 0 Å². The summed E-state index contributed by atoms with van der Waals surface area (Å²) in [6.07, 6.45) is -1.61. The Balaban J connectivity index is 1.53. The maximum Gasteiger partial charge on any atom is 0.446 e. The normalized spacial score (nSPS) is 18.6. The molecule has 0 saturated heterocycles. The molecule has 0 aliphatic carbocycles. The Morgan fingerprint density at radius 2 is 1.12 bits per heavy atom. The predicted molar refractivity (Wildman–Crippen MR) is 152 cm³/mol. The van der Waals surface area contributed by atoms with E-state index < -0.39 is 23.8 Å². The van der Waals surface area contributed by atoms with Crippen LogP contribution < -0.4 is 14.2 Å². The quantitative estimate of drug-likeness (QED) is 0.197. The van der Waals surface area contributed by atoms with Gasteiger partial charge in [0.1, 0.15) is 29.5 Å². The summed E-state index contributed by atoms with van der Waals surface area (Å²) in [7, 11) is 4.71. The molecule has 1 heterocycles. The molecule has 0 unspecified atom stereocenters. The second kappa shape index (κ2) is 15.2. The SMILES string of the molecule is COc1ccc(COC[C@H]2OC=C(SC(F)(F)F)[C@@H](OCc3ccc(OC)cc3)[C@H]2OCc2ccc(OC)cc2)cc1. The summed E-state index contributed by atoms with van der Waals surface area (Å²) in [6, 6.07) is 21.7. The van der Waals surface area contributed by atoms with E-state index in [1.165, 1.54) is 0 Å². The zero-order valence-corrected chi connectivity index (χ0v) is 24.3. The molecular formula is C31H33F3O7S. The summed E-state index contributed by atoms with van der Waals surface area (Å²) in [5.41, 5.74) is -2.07. The Hall–Kier alpha value is -3.38. The molecule has 0 aromatic heterocycles. The van der Waals surface area contributed by atoms with Crippen LogP contribution >= 0.6 is 11.8 Å². The molecule has 0 radical (unpaired) electrons. The van der Waals surface area contributed by atoms with Gasteiger partial charge in [-0.05, 0) is 64.9 Å². The Kier molecular flexibility index (Phi) is 11.4. The monoisotopic (exact) mass is 606 g/mol. The third-order valence-electron chi connectivity index (χ3n) is 6.44. The van der Waals surface area contributed by atoms with E-state index in [-0.39, 0.29) is 43.1 Å². The molecule has 11 heteroatoms. The first-order valence-electron chi connectivity index (χ1n) is 13.1. The van der Waals surface area contributed by atoms with Crippen LogP contribution in [0.4, 0.5) is 13.2 Å².